The number of nitrogen functional groups attached to an aromatic ring is 1. The first-order valence-electron chi connectivity index (χ1n) is 6.17. The summed E-state index contributed by atoms with van der Waals surface area (Å²) in [6, 6.07) is 0. The Morgan fingerprint density at radius 1 is 1.36 bits per heavy atom. The SMILES string of the molecule is Nc1ncnc2c1ncn2[C@@H]1O[C@H](COS(=O)O)[C@@H](O)[C@H]1O. The normalized spacial score (nSPS) is 30.0. The van der Waals surface area contributed by atoms with Crippen molar-refractivity contribution < 1.29 is 27.9 Å². The Morgan fingerprint density at radius 2 is 2.14 bits per heavy atom. The van der Waals surface area contributed by atoms with E-state index in [9.17, 15) is 14.4 Å². The summed E-state index contributed by atoms with van der Waals surface area (Å²) in [7, 11) is 0. The van der Waals surface area contributed by atoms with Crippen molar-refractivity contribution in [3.63, 3.8) is 0 Å². The Hall–Kier alpha value is -1.70. The molecule has 0 spiro atoms. The monoisotopic (exact) mass is 331 g/mol. The zero-order valence-electron chi connectivity index (χ0n) is 11.0. The highest BCUT2D eigenvalue weighted by Gasteiger charge is 2.44. The van der Waals surface area contributed by atoms with E-state index in [2.05, 4.69) is 19.1 Å². The van der Waals surface area contributed by atoms with Gasteiger partial charge in [-0.1, -0.05) is 0 Å². The van der Waals surface area contributed by atoms with Crippen LogP contribution in [0.2, 0.25) is 0 Å². The van der Waals surface area contributed by atoms with Crippen LogP contribution in [0.4, 0.5) is 5.82 Å². The highest BCUT2D eigenvalue weighted by atomic mass is 32.2. The first kappa shape index (κ1) is 15.2. The van der Waals surface area contributed by atoms with E-state index >= 15 is 0 Å². The molecule has 1 aliphatic rings. The van der Waals surface area contributed by atoms with Gasteiger partial charge >= 0.3 is 11.4 Å². The number of aliphatic hydroxyl groups is 2. The zero-order chi connectivity index (χ0) is 15.9. The lowest BCUT2D eigenvalue weighted by Crippen LogP contribution is -2.34. The Kier molecular flexibility index (Phi) is 4.03. The van der Waals surface area contributed by atoms with Gasteiger partial charge in [0.05, 0.1) is 12.9 Å². The molecule has 0 aliphatic carbocycles. The molecule has 0 aromatic carbocycles. The molecule has 120 valence electrons. The standard InChI is InChI=1S/C10H13N5O6S/c11-8-5-9(13-2-12-8)15(3-14-5)10-7(17)6(16)4(21-10)1-20-22(18)19/h2-4,6-7,10,16-17H,1H2,(H,18,19)(H2,11,12,13)/t4-,6-,7-,10-/m1/s1. The first-order valence-corrected chi connectivity index (χ1v) is 7.21. The third kappa shape index (κ3) is 2.55. The van der Waals surface area contributed by atoms with Gasteiger partial charge in [0.15, 0.2) is 17.7 Å². The number of imidazole rings is 1. The number of nitrogens with zero attached hydrogens (tertiary/aromatic N) is 4. The predicted molar refractivity (Wildman–Crippen MR) is 72.4 cm³/mol. The molecule has 5 atom stereocenters. The quantitative estimate of drug-likeness (QED) is 0.468. The number of hydrogen-bond acceptors (Lipinski definition) is 9. The predicted octanol–water partition coefficient (Wildman–Crippen LogP) is -1.82. The second kappa shape index (κ2) is 5.83. The van der Waals surface area contributed by atoms with Gasteiger partial charge in [-0.2, -0.15) is 4.21 Å². The first-order chi connectivity index (χ1) is 10.5. The molecule has 1 saturated heterocycles. The number of anilines is 1. The van der Waals surface area contributed by atoms with Gasteiger partial charge in [0.25, 0.3) is 0 Å². The summed E-state index contributed by atoms with van der Waals surface area (Å²) in [5, 5.41) is 20.0. The van der Waals surface area contributed by atoms with Crippen LogP contribution in [0, 0.1) is 0 Å². The summed E-state index contributed by atoms with van der Waals surface area (Å²) in [6.07, 6.45) is -1.98. The Labute approximate surface area is 126 Å². The third-order valence-electron chi connectivity index (χ3n) is 3.33. The summed E-state index contributed by atoms with van der Waals surface area (Å²) in [5.41, 5.74) is 6.34. The molecule has 22 heavy (non-hydrogen) atoms. The summed E-state index contributed by atoms with van der Waals surface area (Å²) in [5.74, 6) is 0.173. The summed E-state index contributed by atoms with van der Waals surface area (Å²) in [6.45, 7) is -0.360. The fourth-order valence-corrected chi connectivity index (χ4v) is 2.53. The van der Waals surface area contributed by atoms with Crippen LogP contribution in [0.5, 0.6) is 0 Å². The van der Waals surface area contributed by atoms with Gasteiger partial charge in [0, 0.05) is 0 Å². The fraction of sp³-hybridized carbons (Fsp3) is 0.500. The Morgan fingerprint density at radius 3 is 2.86 bits per heavy atom. The van der Waals surface area contributed by atoms with Crippen LogP contribution in [0.25, 0.3) is 11.2 Å². The number of aliphatic hydroxyl groups excluding tert-OH is 2. The van der Waals surface area contributed by atoms with Crippen molar-refractivity contribution >= 4 is 28.3 Å². The van der Waals surface area contributed by atoms with Gasteiger partial charge in [-0.05, 0) is 0 Å². The van der Waals surface area contributed by atoms with Crippen molar-refractivity contribution in [1.82, 2.24) is 19.5 Å². The fourth-order valence-electron chi connectivity index (χ4n) is 2.28. The zero-order valence-corrected chi connectivity index (χ0v) is 11.8. The van der Waals surface area contributed by atoms with Crippen LogP contribution in [0.15, 0.2) is 12.7 Å². The molecule has 0 saturated carbocycles. The van der Waals surface area contributed by atoms with Crippen LogP contribution >= 0.6 is 0 Å². The Bertz CT molecular complexity index is 710. The van der Waals surface area contributed by atoms with Gasteiger partial charge in [-0.15, -0.1) is 0 Å². The lowest BCUT2D eigenvalue weighted by atomic mass is 10.1. The third-order valence-corrected chi connectivity index (χ3v) is 3.67. The van der Waals surface area contributed by atoms with Gasteiger partial charge in [-0.25, -0.2) is 15.0 Å². The Balaban J connectivity index is 1.87. The average molecular weight is 331 g/mol. The average Bonchev–Trinajstić information content (AvgIpc) is 3.01. The van der Waals surface area contributed by atoms with Crippen molar-refractivity contribution in [2.45, 2.75) is 24.5 Å². The lowest BCUT2D eigenvalue weighted by Gasteiger charge is -2.16. The van der Waals surface area contributed by atoms with E-state index in [0.29, 0.717) is 11.2 Å². The van der Waals surface area contributed by atoms with Gasteiger partial charge in [-0.3, -0.25) is 13.3 Å². The highest BCUT2D eigenvalue weighted by molar-refractivity contribution is 7.74. The maximum atomic E-state index is 10.5. The molecule has 3 rings (SSSR count). The van der Waals surface area contributed by atoms with Crippen molar-refractivity contribution in [1.29, 1.82) is 0 Å². The van der Waals surface area contributed by atoms with E-state index in [-0.39, 0.29) is 12.4 Å². The van der Waals surface area contributed by atoms with E-state index in [4.69, 9.17) is 15.0 Å². The second-order valence-corrected chi connectivity index (χ2v) is 5.30. The van der Waals surface area contributed by atoms with E-state index < -0.39 is 35.9 Å². The molecule has 0 bridgehead atoms. The molecule has 1 fully saturated rings. The topological polar surface area (TPSA) is 166 Å². The highest BCUT2D eigenvalue weighted by Crippen LogP contribution is 2.32. The molecule has 5 N–H and O–H groups in total. The van der Waals surface area contributed by atoms with Crippen LogP contribution in [-0.4, -0.2) is 63.4 Å². The number of rotatable bonds is 4. The number of fused-ring (bicyclic) bond motifs is 1. The summed E-state index contributed by atoms with van der Waals surface area (Å²) < 4.78 is 30.5. The van der Waals surface area contributed by atoms with E-state index in [1.54, 1.807) is 0 Å². The molecule has 2 aromatic rings. The van der Waals surface area contributed by atoms with Gasteiger partial charge < -0.3 is 20.7 Å². The van der Waals surface area contributed by atoms with E-state index in [1.165, 1.54) is 17.2 Å². The van der Waals surface area contributed by atoms with Crippen LogP contribution in [-0.2, 0) is 20.3 Å². The number of aromatic nitrogens is 4. The molecule has 1 unspecified atom stereocenters. The summed E-state index contributed by atoms with van der Waals surface area (Å²) in [4.78, 5) is 11.9. The lowest BCUT2D eigenvalue weighted by molar-refractivity contribution is -0.0468. The molecular formula is C10H13N5O6S. The molecule has 2 aromatic heterocycles. The molecule has 11 nitrogen and oxygen atoms in total. The van der Waals surface area contributed by atoms with Crippen molar-refractivity contribution in [2.24, 2.45) is 0 Å². The van der Waals surface area contributed by atoms with E-state index in [0.717, 1.165) is 0 Å². The van der Waals surface area contributed by atoms with Crippen LogP contribution in [0.3, 0.4) is 0 Å². The maximum Gasteiger partial charge on any atom is 0.301 e. The maximum absolute atomic E-state index is 10.5. The van der Waals surface area contributed by atoms with Crippen molar-refractivity contribution in [2.75, 3.05) is 12.3 Å². The number of ether oxygens (including phenoxy) is 1. The smallest absolute Gasteiger partial charge is 0.301 e. The number of hydrogen-bond donors (Lipinski definition) is 4. The molecule has 3 heterocycles. The van der Waals surface area contributed by atoms with Crippen molar-refractivity contribution in [3.05, 3.63) is 12.7 Å². The molecule has 0 amide bonds. The summed E-state index contributed by atoms with van der Waals surface area (Å²) >= 11 is -2.49. The largest absolute Gasteiger partial charge is 0.387 e. The minimum atomic E-state index is -2.49. The minimum absolute atomic E-state index is 0.173. The van der Waals surface area contributed by atoms with Crippen LogP contribution < -0.4 is 5.73 Å². The molecule has 0 radical (unpaired) electrons. The second-order valence-electron chi connectivity index (χ2n) is 4.63. The number of nitrogens with two attached hydrogens (primary N) is 1. The molecular weight excluding hydrogens is 318 g/mol. The van der Waals surface area contributed by atoms with Gasteiger partial charge in [0.1, 0.15) is 30.2 Å². The van der Waals surface area contributed by atoms with Crippen LogP contribution in [0.1, 0.15) is 6.23 Å². The molecule has 1 aliphatic heterocycles. The van der Waals surface area contributed by atoms with Crippen molar-refractivity contribution in [3.8, 4) is 0 Å². The van der Waals surface area contributed by atoms with Gasteiger partial charge in [0.2, 0.25) is 0 Å². The minimum Gasteiger partial charge on any atom is -0.387 e. The van der Waals surface area contributed by atoms with E-state index in [1.807, 2.05) is 0 Å². The molecule has 12 heteroatoms.